The predicted octanol–water partition coefficient (Wildman–Crippen LogP) is 2.99. The molecule has 0 aromatic heterocycles. The minimum Gasteiger partial charge on any atom is -0.465 e. The van der Waals surface area contributed by atoms with E-state index in [1.807, 2.05) is 0 Å². The van der Waals surface area contributed by atoms with Gasteiger partial charge in [0, 0.05) is 11.9 Å². The number of halogens is 2. The summed E-state index contributed by atoms with van der Waals surface area (Å²) < 4.78 is 4.42. The van der Waals surface area contributed by atoms with Gasteiger partial charge in [-0.2, -0.15) is 5.26 Å². The lowest BCUT2D eigenvalue weighted by Crippen LogP contribution is -2.05. The lowest BCUT2D eigenvalue weighted by Gasteiger charge is -2.03. The minimum atomic E-state index is -0.708. The number of methoxy groups -OCH3 is 1. The Balaban J connectivity index is 2.85. The van der Waals surface area contributed by atoms with Gasteiger partial charge < -0.3 is 10.1 Å². The minimum absolute atomic E-state index is 0.140. The van der Waals surface area contributed by atoms with Crippen LogP contribution in [0.2, 0.25) is 10.0 Å². The number of esters is 1. The first kappa shape index (κ1) is 13.4. The Labute approximate surface area is 108 Å². The average molecular weight is 271 g/mol. The van der Waals surface area contributed by atoms with E-state index in [4.69, 9.17) is 28.5 Å². The van der Waals surface area contributed by atoms with Crippen molar-refractivity contribution in [3.8, 4) is 6.07 Å². The molecule has 0 amide bonds. The first-order chi connectivity index (χ1) is 8.08. The number of benzene rings is 1. The molecule has 0 radical (unpaired) electrons. The molecule has 1 aromatic carbocycles. The highest BCUT2D eigenvalue weighted by Crippen LogP contribution is 2.25. The molecule has 6 heteroatoms. The molecule has 0 aliphatic rings. The number of hydrogen-bond donors (Lipinski definition) is 1. The van der Waals surface area contributed by atoms with Gasteiger partial charge in [0.2, 0.25) is 0 Å². The number of nitrogens with zero attached hydrogens (tertiary/aromatic N) is 1. The second-order valence-corrected chi connectivity index (χ2v) is 3.75. The van der Waals surface area contributed by atoms with Crippen molar-refractivity contribution in [2.24, 2.45) is 0 Å². The molecule has 0 aliphatic heterocycles. The topological polar surface area (TPSA) is 62.1 Å². The number of ether oxygens (including phenoxy) is 1. The lowest BCUT2D eigenvalue weighted by atomic mass is 10.3. The summed E-state index contributed by atoms with van der Waals surface area (Å²) in [7, 11) is 1.20. The zero-order valence-electron chi connectivity index (χ0n) is 8.83. The summed E-state index contributed by atoms with van der Waals surface area (Å²) in [6, 6.07) is 6.56. The van der Waals surface area contributed by atoms with Crippen molar-refractivity contribution in [3.63, 3.8) is 0 Å². The molecule has 0 unspecified atom stereocenters. The first-order valence-electron chi connectivity index (χ1n) is 4.48. The number of nitrogens with one attached hydrogen (secondary N) is 1. The van der Waals surface area contributed by atoms with Crippen LogP contribution in [-0.4, -0.2) is 13.1 Å². The Morgan fingerprint density at radius 3 is 2.71 bits per heavy atom. The van der Waals surface area contributed by atoms with E-state index in [2.05, 4.69) is 10.1 Å². The van der Waals surface area contributed by atoms with E-state index in [9.17, 15) is 4.79 Å². The van der Waals surface area contributed by atoms with Crippen LogP contribution >= 0.6 is 23.2 Å². The van der Waals surface area contributed by atoms with Crippen LogP contribution in [0.3, 0.4) is 0 Å². The first-order valence-corrected chi connectivity index (χ1v) is 5.24. The highest BCUT2D eigenvalue weighted by molar-refractivity contribution is 6.42. The highest BCUT2D eigenvalue weighted by Gasteiger charge is 2.07. The Kier molecular flexibility index (Phi) is 4.83. The largest absolute Gasteiger partial charge is 0.465 e. The van der Waals surface area contributed by atoms with Gasteiger partial charge in [-0.1, -0.05) is 23.2 Å². The van der Waals surface area contributed by atoms with Crippen molar-refractivity contribution in [2.45, 2.75) is 0 Å². The second kappa shape index (κ2) is 6.14. The summed E-state index contributed by atoms with van der Waals surface area (Å²) in [6.07, 6.45) is 1.24. The van der Waals surface area contributed by atoms with Gasteiger partial charge in [0.25, 0.3) is 0 Å². The van der Waals surface area contributed by atoms with E-state index in [0.29, 0.717) is 15.7 Å². The fraction of sp³-hybridized carbons (Fsp3) is 0.0909. The molecule has 1 rings (SSSR count). The van der Waals surface area contributed by atoms with Crippen LogP contribution in [0, 0.1) is 11.3 Å². The number of nitriles is 1. The van der Waals surface area contributed by atoms with E-state index in [0.717, 1.165) is 0 Å². The third-order valence-electron chi connectivity index (χ3n) is 1.83. The van der Waals surface area contributed by atoms with E-state index in [-0.39, 0.29) is 5.57 Å². The van der Waals surface area contributed by atoms with Crippen LogP contribution < -0.4 is 5.32 Å². The summed E-state index contributed by atoms with van der Waals surface area (Å²) in [6.45, 7) is 0. The molecule has 0 saturated heterocycles. The average Bonchev–Trinajstić information content (AvgIpc) is 2.33. The summed E-state index contributed by atoms with van der Waals surface area (Å²) >= 11 is 11.5. The molecule has 0 fully saturated rings. The van der Waals surface area contributed by atoms with Crippen LogP contribution in [0.5, 0.6) is 0 Å². The smallest absolute Gasteiger partial charge is 0.350 e. The van der Waals surface area contributed by atoms with Crippen molar-refractivity contribution >= 4 is 34.9 Å². The van der Waals surface area contributed by atoms with Crippen molar-refractivity contribution in [1.29, 1.82) is 5.26 Å². The molecular weight excluding hydrogens is 263 g/mol. The quantitative estimate of drug-likeness (QED) is 0.521. The van der Waals surface area contributed by atoms with E-state index < -0.39 is 5.97 Å². The Morgan fingerprint density at radius 1 is 1.47 bits per heavy atom. The van der Waals surface area contributed by atoms with Crippen molar-refractivity contribution < 1.29 is 9.53 Å². The number of carbonyl (C=O) groups is 1. The van der Waals surface area contributed by atoms with Gasteiger partial charge in [0.15, 0.2) is 5.57 Å². The number of anilines is 1. The Bertz CT molecular complexity index is 507. The van der Waals surface area contributed by atoms with Crippen molar-refractivity contribution in [2.75, 3.05) is 12.4 Å². The summed E-state index contributed by atoms with van der Waals surface area (Å²) in [5.74, 6) is -0.708. The molecule has 1 aromatic rings. The zero-order chi connectivity index (χ0) is 12.8. The molecule has 4 nitrogen and oxygen atoms in total. The van der Waals surface area contributed by atoms with Gasteiger partial charge in [0.1, 0.15) is 6.07 Å². The molecule has 0 atom stereocenters. The maximum Gasteiger partial charge on any atom is 0.350 e. The van der Waals surface area contributed by atoms with Gasteiger partial charge >= 0.3 is 5.97 Å². The fourth-order valence-electron chi connectivity index (χ4n) is 0.988. The van der Waals surface area contributed by atoms with Crippen LogP contribution in [-0.2, 0) is 9.53 Å². The highest BCUT2D eigenvalue weighted by atomic mass is 35.5. The molecular formula is C11H8Cl2N2O2. The molecule has 1 N–H and O–H groups in total. The SMILES string of the molecule is COC(=O)/C(C#N)=C\Nc1ccc(Cl)c(Cl)c1. The summed E-state index contributed by atoms with van der Waals surface area (Å²) in [5, 5.41) is 12.3. The van der Waals surface area contributed by atoms with Crippen molar-refractivity contribution in [1.82, 2.24) is 0 Å². The van der Waals surface area contributed by atoms with Gasteiger partial charge in [-0.05, 0) is 18.2 Å². The van der Waals surface area contributed by atoms with Gasteiger partial charge in [-0.15, -0.1) is 0 Å². The number of carbonyl (C=O) groups excluding carboxylic acids is 1. The molecule has 88 valence electrons. The zero-order valence-corrected chi connectivity index (χ0v) is 10.3. The van der Waals surface area contributed by atoms with Crippen LogP contribution in [0.15, 0.2) is 30.0 Å². The number of rotatable bonds is 3. The normalized spacial score (nSPS) is 10.6. The molecule has 0 heterocycles. The van der Waals surface area contributed by atoms with E-state index >= 15 is 0 Å². The standard InChI is InChI=1S/C11H8Cl2N2O2/c1-17-11(16)7(5-14)6-15-8-2-3-9(12)10(13)4-8/h2-4,6,15H,1H3/b7-6-. The van der Waals surface area contributed by atoms with Gasteiger partial charge in [-0.3, -0.25) is 0 Å². The third-order valence-corrected chi connectivity index (χ3v) is 2.57. The fourth-order valence-corrected chi connectivity index (χ4v) is 1.29. The molecule has 0 aliphatic carbocycles. The van der Waals surface area contributed by atoms with Crippen LogP contribution in [0.4, 0.5) is 5.69 Å². The maximum absolute atomic E-state index is 11.1. The van der Waals surface area contributed by atoms with E-state index in [1.165, 1.54) is 13.3 Å². The summed E-state index contributed by atoms with van der Waals surface area (Å²) in [4.78, 5) is 11.1. The van der Waals surface area contributed by atoms with E-state index in [1.54, 1.807) is 24.3 Å². The Hall–Kier alpha value is -1.70. The Morgan fingerprint density at radius 2 is 2.18 bits per heavy atom. The van der Waals surface area contributed by atoms with Gasteiger partial charge in [0.05, 0.1) is 17.2 Å². The number of hydrogen-bond acceptors (Lipinski definition) is 4. The molecule has 17 heavy (non-hydrogen) atoms. The predicted molar refractivity (Wildman–Crippen MR) is 65.8 cm³/mol. The molecule has 0 saturated carbocycles. The second-order valence-electron chi connectivity index (χ2n) is 2.93. The monoisotopic (exact) mass is 270 g/mol. The summed E-state index contributed by atoms with van der Waals surface area (Å²) in [5.41, 5.74) is 0.467. The van der Waals surface area contributed by atoms with Crippen LogP contribution in [0.25, 0.3) is 0 Å². The maximum atomic E-state index is 11.1. The third kappa shape index (κ3) is 3.66. The van der Waals surface area contributed by atoms with Crippen LogP contribution in [0.1, 0.15) is 0 Å². The van der Waals surface area contributed by atoms with Crippen molar-refractivity contribution in [3.05, 3.63) is 40.0 Å². The molecule has 0 bridgehead atoms. The van der Waals surface area contributed by atoms with Gasteiger partial charge in [-0.25, -0.2) is 4.79 Å². The molecule has 0 spiro atoms. The lowest BCUT2D eigenvalue weighted by molar-refractivity contribution is -0.135.